The van der Waals surface area contributed by atoms with Crippen LogP contribution in [0.3, 0.4) is 0 Å². The van der Waals surface area contributed by atoms with Gasteiger partial charge in [-0.05, 0) is 30.7 Å². The van der Waals surface area contributed by atoms with Gasteiger partial charge in [0.05, 0.1) is 6.10 Å². The minimum Gasteiger partial charge on any atom is -0.482 e. The summed E-state index contributed by atoms with van der Waals surface area (Å²) >= 11 is 0. The van der Waals surface area contributed by atoms with E-state index in [-0.39, 0.29) is 12.0 Å². The van der Waals surface area contributed by atoms with Gasteiger partial charge in [0.2, 0.25) is 0 Å². The Morgan fingerprint density at radius 2 is 1.88 bits per heavy atom. The quantitative estimate of drug-likeness (QED) is 0.731. The first-order chi connectivity index (χ1) is 12.1. The van der Waals surface area contributed by atoms with Crippen LogP contribution < -0.4 is 10.1 Å². The standard InChI is InChI=1S/C19H21NO5/c1-2-24-17(14-7-4-3-5-8-14)12-20-19(23)15-9-6-10-16(11-15)25-13-18(21)22/h3-11,17H,2,12-13H2,1H3,(H,20,23)(H,21,22). The number of amides is 1. The molecule has 1 unspecified atom stereocenters. The fourth-order valence-electron chi connectivity index (χ4n) is 2.30. The molecule has 1 atom stereocenters. The van der Waals surface area contributed by atoms with Crippen molar-refractivity contribution in [1.82, 2.24) is 5.32 Å². The number of carboxylic acids is 1. The van der Waals surface area contributed by atoms with E-state index >= 15 is 0 Å². The van der Waals surface area contributed by atoms with E-state index in [4.69, 9.17) is 14.6 Å². The third kappa shape index (κ3) is 5.93. The molecule has 0 saturated carbocycles. The monoisotopic (exact) mass is 343 g/mol. The summed E-state index contributed by atoms with van der Waals surface area (Å²) < 4.78 is 10.8. The van der Waals surface area contributed by atoms with Crippen LogP contribution in [0.1, 0.15) is 28.9 Å². The van der Waals surface area contributed by atoms with Crippen LogP contribution in [0.2, 0.25) is 0 Å². The van der Waals surface area contributed by atoms with Crippen LogP contribution in [0.4, 0.5) is 0 Å². The molecule has 0 heterocycles. The predicted molar refractivity (Wildman–Crippen MR) is 92.7 cm³/mol. The van der Waals surface area contributed by atoms with E-state index in [2.05, 4.69) is 5.32 Å². The molecule has 2 aromatic carbocycles. The molecule has 25 heavy (non-hydrogen) atoms. The zero-order valence-electron chi connectivity index (χ0n) is 14.0. The number of ether oxygens (including phenoxy) is 2. The summed E-state index contributed by atoms with van der Waals surface area (Å²) in [7, 11) is 0. The Kier molecular flexibility index (Phi) is 6.98. The van der Waals surface area contributed by atoms with E-state index in [0.717, 1.165) is 5.56 Å². The first kappa shape index (κ1) is 18.5. The van der Waals surface area contributed by atoms with Crippen molar-refractivity contribution in [2.45, 2.75) is 13.0 Å². The van der Waals surface area contributed by atoms with Crippen LogP contribution in [-0.4, -0.2) is 36.7 Å². The zero-order valence-corrected chi connectivity index (χ0v) is 14.0. The number of rotatable bonds is 9. The summed E-state index contributed by atoms with van der Waals surface area (Å²) in [5, 5.41) is 11.5. The zero-order chi connectivity index (χ0) is 18.1. The Labute approximate surface area is 146 Å². The molecule has 2 N–H and O–H groups in total. The largest absolute Gasteiger partial charge is 0.482 e. The SMILES string of the molecule is CCOC(CNC(=O)c1cccc(OCC(=O)O)c1)c1ccccc1. The van der Waals surface area contributed by atoms with E-state index in [0.29, 0.717) is 24.5 Å². The van der Waals surface area contributed by atoms with Gasteiger partial charge >= 0.3 is 5.97 Å². The lowest BCUT2D eigenvalue weighted by Crippen LogP contribution is -2.29. The molecule has 0 aliphatic carbocycles. The number of hydrogen-bond acceptors (Lipinski definition) is 4. The van der Waals surface area contributed by atoms with Crippen molar-refractivity contribution >= 4 is 11.9 Å². The van der Waals surface area contributed by atoms with E-state index in [1.807, 2.05) is 37.3 Å². The maximum atomic E-state index is 12.3. The summed E-state index contributed by atoms with van der Waals surface area (Å²) in [6, 6.07) is 16.1. The molecule has 132 valence electrons. The number of nitrogens with one attached hydrogen (secondary N) is 1. The van der Waals surface area contributed by atoms with Crippen LogP contribution in [0.15, 0.2) is 54.6 Å². The highest BCUT2D eigenvalue weighted by Gasteiger charge is 2.14. The second-order valence-corrected chi connectivity index (χ2v) is 5.27. The second kappa shape index (κ2) is 9.44. The second-order valence-electron chi connectivity index (χ2n) is 5.27. The molecule has 0 fully saturated rings. The van der Waals surface area contributed by atoms with Gasteiger partial charge in [-0.25, -0.2) is 4.79 Å². The lowest BCUT2D eigenvalue weighted by atomic mass is 10.1. The van der Waals surface area contributed by atoms with Crippen molar-refractivity contribution in [3.8, 4) is 5.75 Å². The molecule has 6 nitrogen and oxygen atoms in total. The van der Waals surface area contributed by atoms with Gasteiger partial charge in [0.25, 0.3) is 5.91 Å². The molecular weight excluding hydrogens is 322 g/mol. The van der Waals surface area contributed by atoms with E-state index < -0.39 is 12.6 Å². The number of aliphatic carboxylic acids is 1. The van der Waals surface area contributed by atoms with E-state index in [1.165, 1.54) is 6.07 Å². The molecule has 0 spiro atoms. The topological polar surface area (TPSA) is 84.9 Å². The lowest BCUT2D eigenvalue weighted by molar-refractivity contribution is -0.139. The van der Waals surface area contributed by atoms with Crippen LogP contribution in [-0.2, 0) is 9.53 Å². The average molecular weight is 343 g/mol. The highest BCUT2D eigenvalue weighted by Crippen LogP contribution is 2.17. The molecule has 0 aliphatic rings. The molecule has 6 heteroatoms. The Bertz CT molecular complexity index is 702. The third-order valence-corrected chi connectivity index (χ3v) is 3.45. The first-order valence-electron chi connectivity index (χ1n) is 7.99. The van der Waals surface area contributed by atoms with Crippen molar-refractivity contribution in [3.05, 3.63) is 65.7 Å². The van der Waals surface area contributed by atoms with Crippen LogP contribution in [0.25, 0.3) is 0 Å². The van der Waals surface area contributed by atoms with Crippen molar-refractivity contribution in [2.24, 2.45) is 0 Å². The normalized spacial score (nSPS) is 11.6. The molecular formula is C19H21NO5. The van der Waals surface area contributed by atoms with Gasteiger partial charge in [0, 0.05) is 18.7 Å². The maximum absolute atomic E-state index is 12.3. The van der Waals surface area contributed by atoms with Crippen LogP contribution in [0.5, 0.6) is 5.75 Å². The highest BCUT2D eigenvalue weighted by atomic mass is 16.5. The van der Waals surface area contributed by atoms with Gasteiger partial charge in [-0.1, -0.05) is 36.4 Å². The molecule has 0 saturated heterocycles. The van der Waals surface area contributed by atoms with Crippen molar-refractivity contribution in [2.75, 3.05) is 19.8 Å². The van der Waals surface area contributed by atoms with Crippen molar-refractivity contribution in [1.29, 1.82) is 0 Å². The van der Waals surface area contributed by atoms with Gasteiger partial charge in [0.15, 0.2) is 6.61 Å². The van der Waals surface area contributed by atoms with Gasteiger partial charge in [0.1, 0.15) is 5.75 Å². The molecule has 1 amide bonds. The summed E-state index contributed by atoms with van der Waals surface area (Å²) in [6.07, 6.45) is -0.235. The molecule has 0 aliphatic heterocycles. The first-order valence-corrected chi connectivity index (χ1v) is 7.99. The fraction of sp³-hybridized carbons (Fsp3) is 0.263. The highest BCUT2D eigenvalue weighted by molar-refractivity contribution is 5.94. The summed E-state index contributed by atoms with van der Waals surface area (Å²) in [6.45, 7) is 2.32. The molecule has 0 aromatic heterocycles. The number of carbonyl (C=O) groups is 2. The van der Waals surface area contributed by atoms with Gasteiger partial charge in [-0.15, -0.1) is 0 Å². The Morgan fingerprint density at radius 3 is 2.56 bits per heavy atom. The summed E-state index contributed by atoms with van der Waals surface area (Å²) in [4.78, 5) is 22.9. The van der Waals surface area contributed by atoms with Crippen molar-refractivity contribution in [3.63, 3.8) is 0 Å². The number of carbonyl (C=O) groups excluding carboxylic acids is 1. The fourth-order valence-corrected chi connectivity index (χ4v) is 2.30. The lowest BCUT2D eigenvalue weighted by Gasteiger charge is -2.18. The Balaban J connectivity index is 1.98. The van der Waals surface area contributed by atoms with Crippen molar-refractivity contribution < 1.29 is 24.2 Å². The summed E-state index contributed by atoms with van der Waals surface area (Å²) in [5.74, 6) is -1.02. The van der Waals surface area contributed by atoms with Gasteiger partial charge in [-0.2, -0.15) is 0 Å². The average Bonchev–Trinajstić information content (AvgIpc) is 2.64. The van der Waals surface area contributed by atoms with E-state index in [9.17, 15) is 9.59 Å². The molecule has 0 radical (unpaired) electrons. The Hall–Kier alpha value is -2.86. The number of hydrogen-bond donors (Lipinski definition) is 2. The number of benzene rings is 2. The van der Waals surface area contributed by atoms with Gasteiger partial charge in [-0.3, -0.25) is 4.79 Å². The smallest absolute Gasteiger partial charge is 0.341 e. The Morgan fingerprint density at radius 1 is 1.12 bits per heavy atom. The minimum absolute atomic E-state index is 0.235. The maximum Gasteiger partial charge on any atom is 0.341 e. The predicted octanol–water partition coefficient (Wildman–Crippen LogP) is 2.66. The summed E-state index contributed by atoms with van der Waals surface area (Å²) in [5.41, 5.74) is 1.38. The number of carboxylic acid groups (broad SMARTS) is 1. The molecule has 2 aromatic rings. The van der Waals surface area contributed by atoms with Gasteiger partial charge < -0.3 is 19.9 Å². The minimum atomic E-state index is -1.07. The van der Waals surface area contributed by atoms with Crippen LogP contribution in [0, 0.1) is 0 Å². The molecule has 0 bridgehead atoms. The van der Waals surface area contributed by atoms with Crippen LogP contribution >= 0.6 is 0 Å². The third-order valence-electron chi connectivity index (χ3n) is 3.45. The molecule has 2 rings (SSSR count). The van der Waals surface area contributed by atoms with E-state index in [1.54, 1.807) is 18.2 Å².